The number of amides is 1. The number of hydrogen-bond acceptors (Lipinski definition) is 2. The number of allylic oxidation sites excluding steroid dienone is 1. The first kappa shape index (κ1) is 18.5. The van der Waals surface area contributed by atoms with Crippen molar-refractivity contribution in [1.29, 1.82) is 0 Å². The number of nitrogens with one attached hydrogen (secondary N) is 1. The Morgan fingerprint density at radius 3 is 2.67 bits per heavy atom. The SMILES string of the molecule is O=C(O)NCCC=CC1CCC(CCOCc2ccccc2)CC1. The largest absolute Gasteiger partial charge is 0.465 e. The molecule has 132 valence electrons. The Morgan fingerprint density at radius 2 is 1.96 bits per heavy atom. The smallest absolute Gasteiger partial charge is 0.404 e. The Kier molecular flexibility index (Phi) is 8.39. The van der Waals surface area contributed by atoms with Crippen LogP contribution >= 0.6 is 0 Å². The molecule has 1 aromatic rings. The maximum atomic E-state index is 10.3. The average molecular weight is 331 g/mol. The van der Waals surface area contributed by atoms with Gasteiger partial charge in [0.25, 0.3) is 0 Å². The normalized spacial score (nSPS) is 21.0. The van der Waals surface area contributed by atoms with E-state index in [1.165, 1.54) is 31.2 Å². The highest BCUT2D eigenvalue weighted by Crippen LogP contribution is 2.31. The van der Waals surface area contributed by atoms with Gasteiger partial charge in [0.15, 0.2) is 0 Å². The summed E-state index contributed by atoms with van der Waals surface area (Å²) < 4.78 is 5.79. The first-order valence-corrected chi connectivity index (χ1v) is 8.99. The van der Waals surface area contributed by atoms with Gasteiger partial charge in [0, 0.05) is 13.2 Å². The molecule has 0 atom stereocenters. The Morgan fingerprint density at radius 1 is 1.21 bits per heavy atom. The molecule has 0 saturated heterocycles. The van der Waals surface area contributed by atoms with Crippen molar-refractivity contribution in [1.82, 2.24) is 5.32 Å². The van der Waals surface area contributed by atoms with E-state index in [-0.39, 0.29) is 0 Å². The molecular weight excluding hydrogens is 302 g/mol. The molecule has 1 fully saturated rings. The van der Waals surface area contributed by atoms with E-state index < -0.39 is 6.09 Å². The van der Waals surface area contributed by atoms with Gasteiger partial charge in [-0.05, 0) is 55.9 Å². The van der Waals surface area contributed by atoms with Gasteiger partial charge < -0.3 is 15.2 Å². The van der Waals surface area contributed by atoms with Crippen LogP contribution < -0.4 is 5.32 Å². The van der Waals surface area contributed by atoms with Crippen LogP contribution in [-0.2, 0) is 11.3 Å². The first-order valence-electron chi connectivity index (χ1n) is 8.99. The van der Waals surface area contributed by atoms with E-state index in [1.54, 1.807) is 0 Å². The molecule has 2 N–H and O–H groups in total. The summed E-state index contributed by atoms with van der Waals surface area (Å²) in [7, 11) is 0. The summed E-state index contributed by atoms with van der Waals surface area (Å²) in [6.07, 6.45) is 10.4. The molecule has 4 heteroatoms. The topological polar surface area (TPSA) is 58.6 Å². The molecule has 24 heavy (non-hydrogen) atoms. The summed E-state index contributed by atoms with van der Waals surface area (Å²) in [4.78, 5) is 10.3. The predicted octanol–water partition coefficient (Wildman–Crippen LogP) is 4.61. The van der Waals surface area contributed by atoms with Gasteiger partial charge in [-0.1, -0.05) is 42.5 Å². The van der Waals surface area contributed by atoms with Crippen molar-refractivity contribution >= 4 is 6.09 Å². The number of carbonyl (C=O) groups is 1. The fraction of sp³-hybridized carbons (Fsp3) is 0.550. The maximum absolute atomic E-state index is 10.3. The Balaban J connectivity index is 1.51. The minimum atomic E-state index is -0.946. The molecule has 1 amide bonds. The summed E-state index contributed by atoms with van der Waals surface area (Å²) in [5.41, 5.74) is 1.24. The van der Waals surface area contributed by atoms with Crippen LogP contribution in [0.5, 0.6) is 0 Å². The Labute approximate surface area is 144 Å². The number of carboxylic acid groups (broad SMARTS) is 1. The summed E-state index contributed by atoms with van der Waals surface area (Å²) in [6.45, 7) is 2.06. The molecule has 4 nitrogen and oxygen atoms in total. The quantitative estimate of drug-likeness (QED) is 0.513. The third kappa shape index (κ3) is 7.64. The van der Waals surface area contributed by atoms with Crippen LogP contribution in [0.25, 0.3) is 0 Å². The van der Waals surface area contributed by atoms with E-state index in [9.17, 15) is 4.79 Å². The third-order valence-electron chi connectivity index (χ3n) is 4.67. The summed E-state index contributed by atoms with van der Waals surface area (Å²) in [6, 6.07) is 10.3. The molecule has 1 aliphatic carbocycles. The lowest BCUT2D eigenvalue weighted by Crippen LogP contribution is -2.21. The molecule has 0 radical (unpaired) electrons. The molecule has 0 aliphatic heterocycles. The van der Waals surface area contributed by atoms with Crippen LogP contribution in [0.1, 0.15) is 44.1 Å². The van der Waals surface area contributed by atoms with Gasteiger partial charge >= 0.3 is 6.09 Å². The van der Waals surface area contributed by atoms with Crippen LogP contribution in [0.3, 0.4) is 0 Å². The zero-order chi connectivity index (χ0) is 17.0. The van der Waals surface area contributed by atoms with E-state index in [1.807, 2.05) is 18.2 Å². The van der Waals surface area contributed by atoms with E-state index in [0.717, 1.165) is 25.4 Å². The Bertz CT molecular complexity index is 493. The lowest BCUT2D eigenvalue weighted by molar-refractivity contribution is 0.0996. The predicted molar refractivity (Wildman–Crippen MR) is 95.9 cm³/mol. The summed E-state index contributed by atoms with van der Waals surface area (Å²) in [5.74, 6) is 1.45. The van der Waals surface area contributed by atoms with E-state index >= 15 is 0 Å². The second-order valence-electron chi connectivity index (χ2n) is 6.56. The van der Waals surface area contributed by atoms with E-state index in [2.05, 4.69) is 29.6 Å². The molecule has 0 spiro atoms. The maximum Gasteiger partial charge on any atom is 0.404 e. The minimum Gasteiger partial charge on any atom is -0.465 e. The van der Waals surface area contributed by atoms with Crippen LogP contribution in [0.15, 0.2) is 42.5 Å². The molecular formula is C20H29NO3. The summed E-state index contributed by atoms with van der Waals surface area (Å²) in [5, 5.41) is 10.9. The third-order valence-corrected chi connectivity index (χ3v) is 4.67. The van der Waals surface area contributed by atoms with E-state index in [0.29, 0.717) is 19.1 Å². The number of hydrogen-bond donors (Lipinski definition) is 2. The molecule has 2 rings (SSSR count). The van der Waals surface area contributed by atoms with Crippen molar-refractivity contribution in [3.05, 3.63) is 48.0 Å². The van der Waals surface area contributed by atoms with Gasteiger partial charge in [-0.2, -0.15) is 0 Å². The standard InChI is InChI=1S/C20H29NO3/c22-20(23)21-14-5-4-6-17-9-11-18(12-10-17)13-15-24-16-19-7-2-1-3-8-19/h1-4,6-8,17-18,21H,5,9-16H2,(H,22,23). The monoisotopic (exact) mass is 331 g/mol. The zero-order valence-electron chi connectivity index (χ0n) is 14.3. The first-order chi connectivity index (χ1) is 11.7. The fourth-order valence-corrected chi connectivity index (χ4v) is 3.23. The van der Waals surface area contributed by atoms with Gasteiger partial charge in [-0.3, -0.25) is 0 Å². The van der Waals surface area contributed by atoms with Gasteiger partial charge in [0.1, 0.15) is 0 Å². The molecule has 1 aromatic carbocycles. The van der Waals surface area contributed by atoms with Crippen molar-refractivity contribution in [2.45, 2.75) is 45.1 Å². The van der Waals surface area contributed by atoms with Gasteiger partial charge in [0.05, 0.1) is 6.61 Å². The molecule has 0 bridgehead atoms. The van der Waals surface area contributed by atoms with E-state index in [4.69, 9.17) is 9.84 Å². The fourth-order valence-electron chi connectivity index (χ4n) is 3.23. The van der Waals surface area contributed by atoms with Crippen LogP contribution in [0.4, 0.5) is 4.79 Å². The second-order valence-corrected chi connectivity index (χ2v) is 6.56. The average Bonchev–Trinajstić information content (AvgIpc) is 2.60. The molecule has 1 aliphatic rings. The molecule has 1 saturated carbocycles. The van der Waals surface area contributed by atoms with Gasteiger partial charge in [0.2, 0.25) is 0 Å². The zero-order valence-corrected chi connectivity index (χ0v) is 14.3. The highest BCUT2D eigenvalue weighted by atomic mass is 16.5. The summed E-state index contributed by atoms with van der Waals surface area (Å²) >= 11 is 0. The van der Waals surface area contributed by atoms with Crippen molar-refractivity contribution in [3.63, 3.8) is 0 Å². The molecule has 0 aromatic heterocycles. The number of rotatable bonds is 9. The minimum absolute atomic E-state index is 0.500. The van der Waals surface area contributed by atoms with Crippen molar-refractivity contribution < 1.29 is 14.6 Å². The van der Waals surface area contributed by atoms with Crippen molar-refractivity contribution in [2.75, 3.05) is 13.2 Å². The lowest BCUT2D eigenvalue weighted by atomic mass is 9.80. The molecule has 0 unspecified atom stereocenters. The Hall–Kier alpha value is -1.81. The van der Waals surface area contributed by atoms with Crippen LogP contribution in [0, 0.1) is 11.8 Å². The number of benzene rings is 1. The van der Waals surface area contributed by atoms with Gasteiger partial charge in [-0.25, -0.2) is 4.79 Å². The van der Waals surface area contributed by atoms with Crippen molar-refractivity contribution in [3.8, 4) is 0 Å². The van der Waals surface area contributed by atoms with Crippen LogP contribution in [-0.4, -0.2) is 24.4 Å². The highest BCUT2D eigenvalue weighted by molar-refractivity contribution is 5.64. The van der Waals surface area contributed by atoms with Gasteiger partial charge in [-0.15, -0.1) is 0 Å². The number of ether oxygens (including phenoxy) is 1. The molecule has 0 heterocycles. The second kappa shape index (κ2) is 10.9. The lowest BCUT2D eigenvalue weighted by Gasteiger charge is -2.26. The van der Waals surface area contributed by atoms with Crippen molar-refractivity contribution in [2.24, 2.45) is 11.8 Å². The van der Waals surface area contributed by atoms with Crippen LogP contribution in [0.2, 0.25) is 0 Å². The highest BCUT2D eigenvalue weighted by Gasteiger charge is 2.19.